The average Bonchev–Trinajstić information content (AvgIpc) is 3.07. The number of carboxylic acid groups (broad SMARTS) is 1. The molecule has 3 aromatic rings. The zero-order valence-electron chi connectivity index (χ0n) is 11.7. The van der Waals surface area contributed by atoms with E-state index < -0.39 is 5.97 Å². The van der Waals surface area contributed by atoms with Crippen molar-refractivity contribution in [3.63, 3.8) is 0 Å². The molecule has 0 radical (unpaired) electrons. The van der Waals surface area contributed by atoms with Gasteiger partial charge >= 0.3 is 5.97 Å². The fraction of sp³-hybridized carbons (Fsp3) is 0.250. The molecule has 0 aliphatic heterocycles. The third-order valence-electron chi connectivity index (χ3n) is 3.44. The van der Waals surface area contributed by atoms with E-state index >= 15 is 0 Å². The Morgan fingerprint density at radius 1 is 1.38 bits per heavy atom. The summed E-state index contributed by atoms with van der Waals surface area (Å²) >= 11 is 1.69. The molecule has 0 atom stereocenters. The summed E-state index contributed by atoms with van der Waals surface area (Å²) in [5.41, 5.74) is 2.30. The largest absolute Gasteiger partial charge is 0.478 e. The summed E-state index contributed by atoms with van der Waals surface area (Å²) in [5.74, 6) is -0.891. The molecule has 1 N–H and O–H groups in total. The highest BCUT2D eigenvalue weighted by Crippen LogP contribution is 2.22. The first-order valence-corrected chi connectivity index (χ1v) is 7.81. The molecule has 3 rings (SSSR count). The first-order chi connectivity index (χ1) is 10.2. The van der Waals surface area contributed by atoms with E-state index in [-0.39, 0.29) is 0 Å². The number of aromatic nitrogens is 2. The molecule has 0 fully saturated rings. The summed E-state index contributed by atoms with van der Waals surface area (Å²) in [6.45, 7) is 2.82. The van der Waals surface area contributed by atoms with Crippen molar-refractivity contribution in [2.75, 3.05) is 0 Å². The van der Waals surface area contributed by atoms with E-state index in [1.54, 1.807) is 23.5 Å². The number of rotatable bonds is 5. The summed E-state index contributed by atoms with van der Waals surface area (Å²) < 4.78 is 2.05. The molecule has 1 aromatic carbocycles. The predicted molar refractivity (Wildman–Crippen MR) is 84.1 cm³/mol. The molecule has 2 heterocycles. The molecule has 0 bridgehead atoms. The second-order valence-corrected chi connectivity index (χ2v) is 5.91. The van der Waals surface area contributed by atoms with Crippen molar-refractivity contribution in [3.8, 4) is 0 Å². The van der Waals surface area contributed by atoms with E-state index in [9.17, 15) is 9.90 Å². The highest BCUT2D eigenvalue weighted by molar-refractivity contribution is 7.09. The highest BCUT2D eigenvalue weighted by atomic mass is 32.1. The topological polar surface area (TPSA) is 55.1 Å². The lowest BCUT2D eigenvalue weighted by Crippen LogP contribution is -2.00. The number of thiazole rings is 1. The summed E-state index contributed by atoms with van der Waals surface area (Å²) in [7, 11) is 0. The summed E-state index contributed by atoms with van der Waals surface area (Å²) in [4.78, 5) is 15.9. The minimum Gasteiger partial charge on any atom is -0.478 e. The normalized spacial score (nSPS) is 11.1. The fourth-order valence-electron chi connectivity index (χ4n) is 2.47. The Labute approximate surface area is 126 Å². The summed E-state index contributed by atoms with van der Waals surface area (Å²) in [6.07, 6.45) is 4.04. The van der Waals surface area contributed by atoms with Gasteiger partial charge in [-0.2, -0.15) is 0 Å². The van der Waals surface area contributed by atoms with E-state index in [2.05, 4.69) is 17.3 Å². The van der Waals surface area contributed by atoms with Crippen LogP contribution in [0.3, 0.4) is 0 Å². The first-order valence-electron chi connectivity index (χ1n) is 6.93. The zero-order chi connectivity index (χ0) is 14.8. The third kappa shape index (κ3) is 2.69. The van der Waals surface area contributed by atoms with Crippen LogP contribution in [-0.2, 0) is 13.0 Å². The van der Waals surface area contributed by atoms with Crippen LogP contribution in [0.4, 0.5) is 0 Å². The van der Waals surface area contributed by atoms with Gasteiger partial charge in [0.25, 0.3) is 0 Å². The van der Waals surface area contributed by atoms with Crippen molar-refractivity contribution in [2.24, 2.45) is 0 Å². The predicted octanol–water partition coefficient (Wildman–Crippen LogP) is 3.80. The van der Waals surface area contributed by atoms with E-state index in [1.807, 2.05) is 22.9 Å². The number of aryl methyl sites for hydroxylation is 1. The van der Waals surface area contributed by atoms with Gasteiger partial charge in [0.2, 0.25) is 0 Å². The van der Waals surface area contributed by atoms with Crippen LogP contribution in [0, 0.1) is 0 Å². The lowest BCUT2D eigenvalue weighted by atomic mass is 10.1. The van der Waals surface area contributed by atoms with Gasteiger partial charge in [-0.1, -0.05) is 13.0 Å². The molecule has 0 saturated heterocycles. The van der Waals surface area contributed by atoms with Crippen LogP contribution in [0.2, 0.25) is 0 Å². The van der Waals surface area contributed by atoms with Gasteiger partial charge in [-0.05, 0) is 31.0 Å². The fourth-order valence-corrected chi connectivity index (χ4v) is 3.36. The molecular formula is C16H16N2O2S. The monoisotopic (exact) mass is 300 g/mol. The lowest BCUT2D eigenvalue weighted by molar-refractivity contribution is 0.0699. The van der Waals surface area contributed by atoms with Crippen LogP contribution < -0.4 is 0 Å². The first kappa shape index (κ1) is 13.8. The van der Waals surface area contributed by atoms with Crippen molar-refractivity contribution in [1.29, 1.82) is 0 Å². The molecule has 5 heteroatoms. The molecule has 0 spiro atoms. The van der Waals surface area contributed by atoms with Gasteiger partial charge in [-0.25, -0.2) is 9.78 Å². The van der Waals surface area contributed by atoms with Gasteiger partial charge in [0.1, 0.15) is 0 Å². The number of fused-ring (bicyclic) bond motifs is 1. The minimum absolute atomic E-state index is 0.344. The molecule has 0 saturated carbocycles. The van der Waals surface area contributed by atoms with Crippen molar-refractivity contribution in [3.05, 3.63) is 52.1 Å². The molecule has 0 aliphatic carbocycles. The van der Waals surface area contributed by atoms with Gasteiger partial charge in [-0.3, -0.25) is 0 Å². The van der Waals surface area contributed by atoms with Gasteiger partial charge in [0.05, 0.1) is 22.8 Å². The van der Waals surface area contributed by atoms with Crippen LogP contribution in [0.1, 0.15) is 34.4 Å². The second-order valence-electron chi connectivity index (χ2n) is 4.97. The molecule has 4 nitrogen and oxygen atoms in total. The quantitative estimate of drug-likeness (QED) is 0.780. The van der Waals surface area contributed by atoms with Crippen molar-refractivity contribution in [2.45, 2.75) is 26.3 Å². The third-order valence-corrected chi connectivity index (χ3v) is 4.40. The Kier molecular flexibility index (Phi) is 3.75. The molecular weight excluding hydrogens is 284 g/mol. The van der Waals surface area contributed by atoms with Crippen molar-refractivity contribution >= 4 is 28.2 Å². The minimum atomic E-state index is -0.891. The number of nitrogens with zero attached hydrogens (tertiary/aromatic N) is 2. The lowest BCUT2D eigenvalue weighted by Gasteiger charge is -2.04. The van der Waals surface area contributed by atoms with Gasteiger partial charge in [-0.15, -0.1) is 11.3 Å². The summed E-state index contributed by atoms with van der Waals surface area (Å²) in [5, 5.41) is 13.2. The van der Waals surface area contributed by atoms with E-state index in [0.29, 0.717) is 12.1 Å². The second kappa shape index (κ2) is 5.69. The number of benzene rings is 1. The van der Waals surface area contributed by atoms with Crippen LogP contribution >= 0.6 is 11.3 Å². The zero-order valence-corrected chi connectivity index (χ0v) is 12.6. The molecule has 2 aromatic heterocycles. The number of carbonyl (C=O) groups is 1. The Morgan fingerprint density at radius 2 is 2.24 bits per heavy atom. The Balaban J connectivity index is 1.93. The van der Waals surface area contributed by atoms with Crippen LogP contribution in [-0.4, -0.2) is 20.6 Å². The van der Waals surface area contributed by atoms with Crippen LogP contribution in [0.5, 0.6) is 0 Å². The maximum absolute atomic E-state index is 11.2. The van der Waals surface area contributed by atoms with Gasteiger partial charge < -0.3 is 9.67 Å². The molecule has 0 amide bonds. The highest BCUT2D eigenvalue weighted by Gasteiger charge is 2.11. The van der Waals surface area contributed by atoms with Crippen molar-refractivity contribution < 1.29 is 9.90 Å². The van der Waals surface area contributed by atoms with Crippen LogP contribution in [0.25, 0.3) is 10.9 Å². The maximum atomic E-state index is 11.2. The Morgan fingerprint density at radius 3 is 3.00 bits per heavy atom. The smallest absolute Gasteiger partial charge is 0.336 e. The average molecular weight is 300 g/mol. The molecule has 0 unspecified atom stereocenters. The van der Waals surface area contributed by atoms with Crippen LogP contribution in [0.15, 0.2) is 35.8 Å². The molecule has 0 aliphatic rings. The standard InChI is InChI=1S/C16H16N2O2S/c1-2-4-15-17-11(10-21-15)9-18-8-7-12-13(16(19)20)5-3-6-14(12)18/h3,5-8,10H,2,4,9H2,1H3,(H,19,20). The molecule has 108 valence electrons. The molecule has 21 heavy (non-hydrogen) atoms. The SMILES string of the molecule is CCCc1nc(Cn2ccc3c(C(=O)O)cccc32)cs1. The number of aromatic carboxylic acids is 1. The van der Waals surface area contributed by atoms with Gasteiger partial charge in [0.15, 0.2) is 0 Å². The number of carboxylic acids is 1. The Bertz CT molecular complexity index is 789. The van der Waals surface area contributed by atoms with E-state index in [4.69, 9.17) is 0 Å². The maximum Gasteiger partial charge on any atom is 0.336 e. The van der Waals surface area contributed by atoms with E-state index in [0.717, 1.165) is 34.4 Å². The van der Waals surface area contributed by atoms with Crippen molar-refractivity contribution in [1.82, 2.24) is 9.55 Å². The Hall–Kier alpha value is -2.14. The van der Waals surface area contributed by atoms with Gasteiger partial charge in [0, 0.05) is 22.5 Å². The number of hydrogen-bond acceptors (Lipinski definition) is 3. The summed E-state index contributed by atoms with van der Waals surface area (Å²) in [6, 6.07) is 7.22. The van der Waals surface area contributed by atoms with E-state index in [1.165, 1.54) is 0 Å². The number of hydrogen-bond donors (Lipinski definition) is 1.